The van der Waals surface area contributed by atoms with E-state index in [1.54, 1.807) is 37.3 Å². The van der Waals surface area contributed by atoms with Crippen molar-refractivity contribution in [3.05, 3.63) is 42.5 Å². The van der Waals surface area contributed by atoms with Crippen molar-refractivity contribution >= 4 is 28.9 Å². The van der Waals surface area contributed by atoms with Crippen LogP contribution in [0, 0.1) is 0 Å². The first kappa shape index (κ1) is 23.4. The molecule has 2 amide bonds. The van der Waals surface area contributed by atoms with Gasteiger partial charge in [-0.3, -0.25) is 14.5 Å². The Hall–Kier alpha value is -3.30. The molecule has 0 radical (unpaired) electrons. The van der Waals surface area contributed by atoms with E-state index in [1.807, 2.05) is 24.3 Å². The minimum Gasteiger partial charge on any atom is -0.497 e. The number of carbonyl (C=O) groups is 2. The number of benzene rings is 2. The number of anilines is 3. The molecule has 0 aliphatic carbocycles. The molecule has 32 heavy (non-hydrogen) atoms. The molecule has 2 aromatic rings. The van der Waals surface area contributed by atoms with Crippen molar-refractivity contribution in [3.8, 4) is 11.5 Å². The minimum absolute atomic E-state index is 0.0541. The van der Waals surface area contributed by atoms with E-state index in [0.29, 0.717) is 22.9 Å². The van der Waals surface area contributed by atoms with Crippen molar-refractivity contribution in [2.24, 2.45) is 0 Å². The Morgan fingerprint density at radius 2 is 1.62 bits per heavy atom. The summed E-state index contributed by atoms with van der Waals surface area (Å²) in [5.74, 6) is 0.685. The van der Waals surface area contributed by atoms with Crippen molar-refractivity contribution in [1.29, 1.82) is 0 Å². The molecule has 1 aliphatic rings. The third-order valence-electron chi connectivity index (χ3n) is 5.04. The van der Waals surface area contributed by atoms with Crippen LogP contribution >= 0.6 is 0 Å². The minimum atomic E-state index is -0.251. The highest BCUT2D eigenvalue weighted by Gasteiger charge is 2.14. The number of morpholine rings is 1. The van der Waals surface area contributed by atoms with E-state index in [2.05, 4.69) is 15.5 Å². The highest BCUT2D eigenvalue weighted by atomic mass is 16.5. The lowest BCUT2D eigenvalue weighted by molar-refractivity contribution is -0.119. The van der Waals surface area contributed by atoms with E-state index in [0.717, 1.165) is 32.0 Å². The average molecular weight is 443 g/mol. The number of methoxy groups -OCH3 is 2. The van der Waals surface area contributed by atoms with Gasteiger partial charge < -0.3 is 29.7 Å². The quantitative estimate of drug-likeness (QED) is 0.614. The fourth-order valence-corrected chi connectivity index (χ4v) is 3.42. The van der Waals surface area contributed by atoms with Gasteiger partial charge in [-0.2, -0.15) is 0 Å². The standard InChI is InChI=1S/C23H30N4O5/c1-26(16-23(29)25-20-9-8-19(30-2)14-21(20)31-3)15-22(28)24-17-4-6-18(7-5-17)27-10-12-32-13-11-27/h4-9,14H,10-13,15-16H2,1-3H3,(H,24,28)(H,25,29). The van der Waals surface area contributed by atoms with Gasteiger partial charge >= 0.3 is 0 Å². The monoisotopic (exact) mass is 442 g/mol. The molecule has 1 saturated heterocycles. The highest BCUT2D eigenvalue weighted by molar-refractivity contribution is 5.95. The van der Waals surface area contributed by atoms with Crippen LogP contribution in [-0.4, -0.2) is 77.4 Å². The first-order valence-corrected chi connectivity index (χ1v) is 10.4. The average Bonchev–Trinajstić information content (AvgIpc) is 2.80. The van der Waals surface area contributed by atoms with E-state index < -0.39 is 0 Å². The third-order valence-corrected chi connectivity index (χ3v) is 5.04. The van der Waals surface area contributed by atoms with Crippen LogP contribution in [0.2, 0.25) is 0 Å². The predicted octanol–water partition coefficient (Wildman–Crippen LogP) is 2.05. The number of carbonyl (C=O) groups excluding carboxylic acids is 2. The molecule has 1 heterocycles. The second-order valence-corrected chi connectivity index (χ2v) is 7.48. The number of nitrogens with one attached hydrogen (secondary N) is 2. The lowest BCUT2D eigenvalue weighted by atomic mass is 10.2. The Bertz CT molecular complexity index is 913. The summed E-state index contributed by atoms with van der Waals surface area (Å²) in [7, 11) is 4.80. The number of amides is 2. The Labute approximate surface area is 188 Å². The van der Waals surface area contributed by atoms with Crippen LogP contribution in [-0.2, 0) is 14.3 Å². The molecule has 2 N–H and O–H groups in total. The Morgan fingerprint density at radius 3 is 2.25 bits per heavy atom. The molecule has 0 atom stereocenters. The molecule has 0 unspecified atom stereocenters. The summed E-state index contributed by atoms with van der Waals surface area (Å²) in [4.78, 5) is 28.7. The van der Waals surface area contributed by atoms with E-state index in [-0.39, 0.29) is 24.9 Å². The van der Waals surface area contributed by atoms with Crippen molar-refractivity contribution in [2.45, 2.75) is 0 Å². The van der Waals surface area contributed by atoms with Crippen molar-refractivity contribution in [1.82, 2.24) is 4.90 Å². The van der Waals surface area contributed by atoms with Gasteiger partial charge in [-0.25, -0.2) is 0 Å². The summed E-state index contributed by atoms with van der Waals surface area (Å²) >= 11 is 0. The van der Waals surface area contributed by atoms with Crippen LogP contribution in [0.3, 0.4) is 0 Å². The van der Waals surface area contributed by atoms with Gasteiger partial charge in [0, 0.05) is 30.5 Å². The van der Waals surface area contributed by atoms with Crippen LogP contribution in [0.4, 0.5) is 17.1 Å². The molecule has 0 saturated carbocycles. The van der Waals surface area contributed by atoms with E-state index >= 15 is 0 Å². The summed E-state index contributed by atoms with van der Waals surface area (Å²) in [6.45, 7) is 3.31. The maximum Gasteiger partial charge on any atom is 0.238 e. The molecule has 0 aromatic heterocycles. The zero-order valence-electron chi connectivity index (χ0n) is 18.7. The summed E-state index contributed by atoms with van der Waals surface area (Å²) in [5, 5.41) is 5.66. The fourth-order valence-electron chi connectivity index (χ4n) is 3.42. The predicted molar refractivity (Wildman–Crippen MR) is 124 cm³/mol. The maximum atomic E-state index is 12.4. The molecular formula is C23H30N4O5. The Morgan fingerprint density at radius 1 is 0.969 bits per heavy atom. The number of nitrogens with zero attached hydrogens (tertiary/aromatic N) is 2. The lowest BCUT2D eigenvalue weighted by Gasteiger charge is -2.28. The highest BCUT2D eigenvalue weighted by Crippen LogP contribution is 2.29. The van der Waals surface area contributed by atoms with E-state index in [4.69, 9.17) is 14.2 Å². The van der Waals surface area contributed by atoms with Crippen molar-refractivity contribution < 1.29 is 23.8 Å². The molecule has 172 valence electrons. The third kappa shape index (κ3) is 6.60. The molecule has 0 spiro atoms. The normalized spacial score (nSPS) is 13.6. The summed E-state index contributed by atoms with van der Waals surface area (Å²) in [5.41, 5.74) is 2.36. The molecule has 2 aromatic carbocycles. The van der Waals surface area contributed by atoms with Crippen LogP contribution in [0.1, 0.15) is 0 Å². The number of rotatable bonds is 9. The van der Waals surface area contributed by atoms with Crippen LogP contribution in [0.5, 0.6) is 11.5 Å². The van der Waals surface area contributed by atoms with Gasteiger partial charge in [0.15, 0.2) is 0 Å². The van der Waals surface area contributed by atoms with Gasteiger partial charge in [0.05, 0.1) is 46.2 Å². The van der Waals surface area contributed by atoms with Crippen molar-refractivity contribution in [2.75, 3.05) is 76.2 Å². The van der Waals surface area contributed by atoms with Gasteiger partial charge in [0.25, 0.3) is 0 Å². The van der Waals surface area contributed by atoms with Gasteiger partial charge in [0.1, 0.15) is 11.5 Å². The van der Waals surface area contributed by atoms with Gasteiger partial charge in [-0.15, -0.1) is 0 Å². The molecular weight excluding hydrogens is 412 g/mol. The van der Waals surface area contributed by atoms with Gasteiger partial charge in [0.2, 0.25) is 11.8 Å². The SMILES string of the molecule is COc1ccc(NC(=O)CN(C)CC(=O)Nc2ccc(N3CCOCC3)cc2)c(OC)c1. The van der Waals surface area contributed by atoms with Gasteiger partial charge in [-0.1, -0.05) is 0 Å². The maximum absolute atomic E-state index is 12.4. The first-order valence-electron chi connectivity index (χ1n) is 10.4. The van der Waals surface area contributed by atoms with E-state index in [1.165, 1.54) is 7.11 Å². The fraction of sp³-hybridized carbons (Fsp3) is 0.391. The van der Waals surface area contributed by atoms with Crippen LogP contribution < -0.4 is 25.0 Å². The second-order valence-electron chi connectivity index (χ2n) is 7.48. The van der Waals surface area contributed by atoms with Gasteiger partial charge in [-0.05, 0) is 43.4 Å². The summed E-state index contributed by atoms with van der Waals surface area (Å²) < 4.78 is 15.8. The second kappa shape index (κ2) is 11.4. The largest absolute Gasteiger partial charge is 0.497 e. The summed E-state index contributed by atoms with van der Waals surface area (Å²) in [6, 6.07) is 12.9. The zero-order valence-corrected chi connectivity index (χ0v) is 18.7. The Kier molecular flexibility index (Phi) is 8.29. The smallest absolute Gasteiger partial charge is 0.238 e. The number of likely N-dealkylation sites (N-methyl/N-ethyl adjacent to an activating group) is 1. The van der Waals surface area contributed by atoms with E-state index in [9.17, 15) is 9.59 Å². The number of hydrogen-bond acceptors (Lipinski definition) is 7. The summed E-state index contributed by atoms with van der Waals surface area (Å²) in [6.07, 6.45) is 0. The molecule has 1 fully saturated rings. The van der Waals surface area contributed by atoms with Crippen LogP contribution in [0.25, 0.3) is 0 Å². The molecule has 3 rings (SSSR count). The zero-order chi connectivity index (χ0) is 22.9. The molecule has 9 heteroatoms. The topological polar surface area (TPSA) is 92.4 Å². The lowest BCUT2D eigenvalue weighted by Crippen LogP contribution is -2.36. The first-order chi connectivity index (χ1) is 15.5. The Balaban J connectivity index is 1.46. The number of hydrogen-bond donors (Lipinski definition) is 2. The van der Waals surface area contributed by atoms with Crippen molar-refractivity contribution in [3.63, 3.8) is 0 Å². The molecule has 0 bridgehead atoms. The van der Waals surface area contributed by atoms with Crippen LogP contribution in [0.15, 0.2) is 42.5 Å². The number of ether oxygens (including phenoxy) is 3. The molecule has 9 nitrogen and oxygen atoms in total. The molecule has 1 aliphatic heterocycles.